The van der Waals surface area contributed by atoms with E-state index in [1.807, 2.05) is 4.90 Å². The van der Waals surface area contributed by atoms with Crippen molar-refractivity contribution in [2.75, 3.05) is 33.0 Å². The predicted molar refractivity (Wildman–Crippen MR) is 125 cm³/mol. The van der Waals surface area contributed by atoms with Crippen molar-refractivity contribution in [1.82, 2.24) is 15.2 Å². The third kappa shape index (κ3) is 5.46. The zero-order chi connectivity index (χ0) is 24.1. The number of nitrogens with one attached hydrogen (secondary N) is 1. The van der Waals surface area contributed by atoms with E-state index in [1.54, 1.807) is 14.2 Å². The predicted octanol–water partition coefficient (Wildman–Crippen LogP) is 1.67. The SMILES string of the molecule is CN=C(/C(=C\N)NC(=O)c1nc(-c2c(F)cccc2F)sc1N)N1CCC(N)CC(OC)C1. The maximum absolute atomic E-state index is 14.1. The van der Waals surface area contributed by atoms with Gasteiger partial charge in [0, 0.05) is 39.5 Å². The molecule has 1 saturated heterocycles. The van der Waals surface area contributed by atoms with E-state index in [0.29, 0.717) is 31.8 Å². The first-order chi connectivity index (χ1) is 15.8. The van der Waals surface area contributed by atoms with Gasteiger partial charge in [0.2, 0.25) is 0 Å². The number of methoxy groups -OCH3 is 1. The van der Waals surface area contributed by atoms with Crippen LogP contribution >= 0.6 is 11.3 Å². The number of benzene rings is 1. The zero-order valence-corrected chi connectivity index (χ0v) is 19.2. The molecule has 1 aliphatic rings. The summed E-state index contributed by atoms with van der Waals surface area (Å²) < 4.78 is 33.8. The normalized spacial score (nSPS) is 20.0. The highest BCUT2D eigenvalue weighted by Crippen LogP contribution is 2.33. The lowest BCUT2D eigenvalue weighted by atomic mass is 10.1. The first-order valence-electron chi connectivity index (χ1n) is 10.2. The maximum atomic E-state index is 14.1. The van der Waals surface area contributed by atoms with E-state index in [9.17, 15) is 13.6 Å². The number of halogens is 2. The molecule has 2 atom stereocenters. The number of nitrogens with zero attached hydrogens (tertiary/aromatic N) is 3. The van der Waals surface area contributed by atoms with E-state index < -0.39 is 17.5 Å². The van der Waals surface area contributed by atoms with Crippen molar-refractivity contribution >= 4 is 28.1 Å². The van der Waals surface area contributed by atoms with E-state index in [2.05, 4.69) is 15.3 Å². The van der Waals surface area contributed by atoms with Crippen molar-refractivity contribution in [3.8, 4) is 10.6 Å². The van der Waals surface area contributed by atoms with Crippen LogP contribution in [0.4, 0.5) is 13.8 Å². The number of anilines is 1. The minimum absolute atomic E-state index is 0.0108. The highest BCUT2D eigenvalue weighted by atomic mass is 32.1. The lowest BCUT2D eigenvalue weighted by Crippen LogP contribution is -2.42. The molecule has 1 aromatic carbocycles. The quantitative estimate of drug-likeness (QED) is 0.377. The van der Waals surface area contributed by atoms with Gasteiger partial charge in [0.1, 0.15) is 27.5 Å². The molecule has 2 aromatic rings. The van der Waals surface area contributed by atoms with Gasteiger partial charge in [-0.15, -0.1) is 0 Å². The van der Waals surface area contributed by atoms with Crippen LogP contribution in [0.25, 0.3) is 10.6 Å². The molecule has 1 aromatic heterocycles. The number of amides is 1. The minimum atomic E-state index is -0.800. The maximum Gasteiger partial charge on any atom is 0.277 e. The Balaban J connectivity index is 1.83. The monoisotopic (exact) mass is 479 g/mol. The molecule has 0 saturated carbocycles. The average Bonchev–Trinajstić information content (AvgIpc) is 3.06. The van der Waals surface area contributed by atoms with Crippen molar-refractivity contribution in [2.45, 2.75) is 25.0 Å². The Morgan fingerprint density at radius 2 is 2.09 bits per heavy atom. The number of amidine groups is 1. The zero-order valence-electron chi connectivity index (χ0n) is 18.3. The van der Waals surface area contributed by atoms with Gasteiger partial charge >= 0.3 is 0 Å². The first-order valence-corrected chi connectivity index (χ1v) is 11.0. The standard InChI is InChI=1S/C21H27F2N7O2S/c1-27-19(30-7-6-11(25)8-12(10-30)32-2)15(9-24)28-20(31)17-18(26)33-21(29-17)16-13(22)4-3-5-14(16)23/h3-5,9,11-12H,6-8,10,24-26H2,1-2H3,(H,28,31)/b15-9+,27-19?. The molecule has 9 nitrogen and oxygen atoms in total. The molecule has 0 spiro atoms. The molecule has 1 aliphatic heterocycles. The molecule has 3 rings (SSSR count). The van der Waals surface area contributed by atoms with E-state index in [-0.39, 0.29) is 39.1 Å². The minimum Gasteiger partial charge on any atom is -0.403 e. The van der Waals surface area contributed by atoms with Gasteiger partial charge in [-0.05, 0) is 25.0 Å². The smallest absolute Gasteiger partial charge is 0.277 e. The van der Waals surface area contributed by atoms with Gasteiger partial charge in [0.15, 0.2) is 5.69 Å². The van der Waals surface area contributed by atoms with Gasteiger partial charge in [0.05, 0.1) is 17.4 Å². The summed E-state index contributed by atoms with van der Waals surface area (Å²) in [5.74, 6) is -1.84. The Bertz CT molecular complexity index is 1050. The number of nitrogen functional groups attached to an aromatic ring is 1. The Morgan fingerprint density at radius 3 is 2.70 bits per heavy atom. The molecule has 178 valence electrons. The Kier molecular flexibility index (Phi) is 7.95. The molecular weight excluding hydrogens is 452 g/mol. The van der Waals surface area contributed by atoms with Crippen LogP contribution in [0.2, 0.25) is 0 Å². The molecule has 2 heterocycles. The number of hydrogen-bond donors (Lipinski definition) is 4. The summed E-state index contributed by atoms with van der Waals surface area (Å²) in [6.45, 7) is 1.11. The van der Waals surface area contributed by atoms with Crippen molar-refractivity contribution in [1.29, 1.82) is 0 Å². The number of rotatable bonds is 5. The second-order valence-corrected chi connectivity index (χ2v) is 8.53. The van der Waals surface area contributed by atoms with E-state index >= 15 is 0 Å². The fourth-order valence-corrected chi connectivity index (χ4v) is 4.52. The van der Waals surface area contributed by atoms with E-state index in [0.717, 1.165) is 23.5 Å². The van der Waals surface area contributed by atoms with Gasteiger partial charge in [-0.3, -0.25) is 9.79 Å². The number of carbonyl (C=O) groups excluding carboxylic acids is 1. The van der Waals surface area contributed by atoms with Gasteiger partial charge in [-0.25, -0.2) is 13.8 Å². The largest absolute Gasteiger partial charge is 0.403 e. The van der Waals surface area contributed by atoms with Crippen molar-refractivity contribution < 1.29 is 18.3 Å². The summed E-state index contributed by atoms with van der Waals surface area (Å²) >= 11 is 0.811. The van der Waals surface area contributed by atoms with Crippen LogP contribution in [0.15, 0.2) is 35.1 Å². The van der Waals surface area contributed by atoms with Crippen LogP contribution in [0.3, 0.4) is 0 Å². The molecule has 0 aliphatic carbocycles. The number of likely N-dealkylation sites (tertiary alicyclic amines) is 1. The molecule has 1 amide bonds. The molecule has 33 heavy (non-hydrogen) atoms. The lowest BCUT2D eigenvalue weighted by Gasteiger charge is -2.28. The molecule has 12 heteroatoms. The number of hydrogen-bond acceptors (Lipinski definition) is 8. The second kappa shape index (κ2) is 10.7. The van der Waals surface area contributed by atoms with Crippen LogP contribution in [-0.4, -0.2) is 61.0 Å². The van der Waals surface area contributed by atoms with Crippen LogP contribution in [-0.2, 0) is 4.74 Å². The van der Waals surface area contributed by atoms with Crippen LogP contribution in [0, 0.1) is 11.6 Å². The number of thiazole rings is 1. The second-order valence-electron chi connectivity index (χ2n) is 7.50. The van der Waals surface area contributed by atoms with Gasteiger partial charge in [0.25, 0.3) is 5.91 Å². The molecule has 0 bridgehead atoms. The highest BCUT2D eigenvalue weighted by Gasteiger charge is 2.28. The van der Waals surface area contributed by atoms with Crippen LogP contribution in [0.5, 0.6) is 0 Å². The molecule has 7 N–H and O–H groups in total. The molecule has 2 unspecified atom stereocenters. The van der Waals surface area contributed by atoms with Crippen molar-refractivity contribution in [3.05, 3.63) is 47.4 Å². The average molecular weight is 480 g/mol. The first kappa shape index (κ1) is 24.6. The summed E-state index contributed by atoms with van der Waals surface area (Å²) in [5, 5.41) is 2.63. The van der Waals surface area contributed by atoms with Crippen molar-refractivity contribution in [2.24, 2.45) is 16.5 Å². The summed E-state index contributed by atoms with van der Waals surface area (Å²) in [5.41, 5.74) is 17.6. The summed E-state index contributed by atoms with van der Waals surface area (Å²) in [7, 11) is 3.19. The number of ether oxygens (including phenoxy) is 1. The Morgan fingerprint density at radius 1 is 1.39 bits per heavy atom. The highest BCUT2D eigenvalue weighted by molar-refractivity contribution is 7.19. The summed E-state index contributed by atoms with van der Waals surface area (Å²) in [6, 6.07) is 3.43. The third-order valence-electron chi connectivity index (χ3n) is 5.30. The Labute approximate surface area is 194 Å². The van der Waals surface area contributed by atoms with Gasteiger partial charge in [-0.2, -0.15) is 0 Å². The fourth-order valence-electron chi connectivity index (χ4n) is 3.64. The van der Waals surface area contributed by atoms with Crippen LogP contribution in [0.1, 0.15) is 23.3 Å². The molecule has 0 radical (unpaired) electrons. The third-order valence-corrected chi connectivity index (χ3v) is 6.21. The van der Waals surface area contributed by atoms with E-state index in [4.69, 9.17) is 21.9 Å². The fraction of sp³-hybridized carbons (Fsp3) is 0.381. The van der Waals surface area contributed by atoms with Crippen LogP contribution < -0.4 is 22.5 Å². The van der Waals surface area contributed by atoms with Crippen molar-refractivity contribution in [3.63, 3.8) is 0 Å². The number of nitrogens with two attached hydrogens (primary N) is 3. The number of carbonyl (C=O) groups is 1. The summed E-state index contributed by atoms with van der Waals surface area (Å²) in [4.78, 5) is 23.3. The molecule has 1 fully saturated rings. The van der Waals surface area contributed by atoms with E-state index in [1.165, 1.54) is 12.3 Å². The van der Waals surface area contributed by atoms with Gasteiger partial charge in [-0.1, -0.05) is 17.4 Å². The lowest BCUT2D eigenvalue weighted by molar-refractivity contribution is 0.0811. The number of aromatic nitrogens is 1. The topological polar surface area (TPSA) is 145 Å². The molecular formula is C21H27F2N7O2S. The van der Waals surface area contributed by atoms with Gasteiger partial charge < -0.3 is 32.2 Å². The summed E-state index contributed by atoms with van der Waals surface area (Å²) in [6.07, 6.45) is 2.51. The number of aliphatic imine (C=N–C) groups is 1. The Hall–Kier alpha value is -3.09.